The van der Waals surface area contributed by atoms with Gasteiger partial charge >= 0.3 is 0 Å². The van der Waals surface area contributed by atoms with E-state index >= 15 is 0 Å². The number of aromatic nitrogens is 2. The molecule has 4 rings (SSSR count). The molecule has 164 valence electrons. The van der Waals surface area contributed by atoms with Crippen LogP contribution in [0.15, 0.2) is 77.7 Å². The monoisotopic (exact) mass is 468 g/mol. The molecule has 1 aromatic heterocycles. The summed E-state index contributed by atoms with van der Waals surface area (Å²) < 4.78 is 42.3. The van der Waals surface area contributed by atoms with Crippen LogP contribution in [-0.4, -0.2) is 30.2 Å². The van der Waals surface area contributed by atoms with Crippen LogP contribution < -0.4 is 14.8 Å². The number of carbonyl (C=O) groups excluding carboxylic acids is 1. The fraction of sp³-hybridized carbons (Fsp3) is 0.136. The fourth-order valence-electron chi connectivity index (χ4n) is 3.17. The van der Waals surface area contributed by atoms with Gasteiger partial charge in [-0.05, 0) is 35.4 Å². The van der Waals surface area contributed by atoms with Crippen molar-refractivity contribution in [2.75, 3.05) is 7.11 Å². The van der Waals surface area contributed by atoms with Crippen molar-refractivity contribution in [1.29, 1.82) is 0 Å². The molecule has 32 heavy (non-hydrogen) atoms. The van der Waals surface area contributed by atoms with E-state index in [2.05, 4.69) is 18.8 Å². The zero-order valence-electron chi connectivity index (χ0n) is 17.1. The minimum atomic E-state index is -4.06. The van der Waals surface area contributed by atoms with Gasteiger partial charge < -0.3 is 10.1 Å². The Kier molecular flexibility index (Phi) is 6.45. The summed E-state index contributed by atoms with van der Waals surface area (Å²) in [4.78, 5) is 13.1. The van der Waals surface area contributed by atoms with Crippen molar-refractivity contribution in [2.45, 2.75) is 17.5 Å². The molecule has 1 heterocycles. The minimum absolute atomic E-state index is 0.0207. The molecule has 4 aromatic rings. The molecule has 0 saturated heterocycles. The number of sulfonamides is 1. The quantitative estimate of drug-likeness (QED) is 0.411. The van der Waals surface area contributed by atoms with E-state index in [1.54, 1.807) is 61.7 Å². The smallest absolute Gasteiger partial charge is 0.243 e. The van der Waals surface area contributed by atoms with Crippen molar-refractivity contribution in [3.63, 3.8) is 0 Å². The second kappa shape index (κ2) is 9.43. The zero-order valence-corrected chi connectivity index (χ0v) is 18.7. The summed E-state index contributed by atoms with van der Waals surface area (Å²) >= 11 is 0.933. The lowest BCUT2D eigenvalue weighted by Crippen LogP contribution is -2.40. The van der Waals surface area contributed by atoms with E-state index in [4.69, 9.17) is 4.74 Å². The molecule has 0 radical (unpaired) electrons. The van der Waals surface area contributed by atoms with Crippen LogP contribution in [0.2, 0.25) is 0 Å². The maximum Gasteiger partial charge on any atom is 0.243 e. The van der Waals surface area contributed by atoms with E-state index in [0.29, 0.717) is 16.8 Å². The Bertz CT molecular complexity index is 1320. The number of hydrogen-bond acceptors (Lipinski definition) is 7. The van der Waals surface area contributed by atoms with Crippen LogP contribution in [0.4, 0.5) is 0 Å². The molecule has 0 aliphatic rings. The van der Waals surface area contributed by atoms with Crippen LogP contribution in [0, 0.1) is 0 Å². The molecule has 0 spiro atoms. The van der Waals surface area contributed by atoms with Crippen molar-refractivity contribution >= 4 is 38.7 Å². The molecule has 0 saturated carbocycles. The van der Waals surface area contributed by atoms with Crippen molar-refractivity contribution < 1.29 is 17.9 Å². The number of rotatable bonds is 8. The molecule has 10 heteroatoms. The largest absolute Gasteiger partial charge is 0.497 e. The Morgan fingerprint density at radius 3 is 2.47 bits per heavy atom. The molecular weight excluding hydrogens is 448 g/mol. The SMILES string of the molecule is COc1ccc(CNC(=O)[C@H](NS(=O)(=O)c2cccc3nsnc23)c2ccccc2)cc1. The topological polar surface area (TPSA) is 110 Å². The van der Waals surface area contributed by atoms with Crippen molar-refractivity contribution in [3.8, 4) is 5.75 Å². The van der Waals surface area contributed by atoms with Crippen LogP contribution in [-0.2, 0) is 21.4 Å². The van der Waals surface area contributed by atoms with E-state index in [-0.39, 0.29) is 17.0 Å². The normalized spacial score (nSPS) is 12.4. The van der Waals surface area contributed by atoms with E-state index in [1.165, 1.54) is 6.07 Å². The number of ether oxygens (including phenoxy) is 1. The lowest BCUT2D eigenvalue weighted by molar-refractivity contribution is -0.123. The third kappa shape index (κ3) is 4.77. The molecule has 3 aromatic carbocycles. The van der Waals surface area contributed by atoms with Crippen LogP contribution >= 0.6 is 11.7 Å². The summed E-state index contributed by atoms with van der Waals surface area (Å²) in [5.41, 5.74) is 2.13. The molecule has 1 amide bonds. The molecular formula is C22H20N4O4S2. The first-order valence-electron chi connectivity index (χ1n) is 9.67. The van der Waals surface area contributed by atoms with Gasteiger partial charge in [0.15, 0.2) is 0 Å². The number of nitrogens with zero attached hydrogens (tertiary/aromatic N) is 2. The number of amides is 1. The summed E-state index contributed by atoms with van der Waals surface area (Å²) in [6, 6.07) is 19.5. The average Bonchev–Trinajstić information content (AvgIpc) is 3.31. The van der Waals surface area contributed by atoms with E-state index < -0.39 is 22.0 Å². The molecule has 0 unspecified atom stereocenters. The summed E-state index contributed by atoms with van der Waals surface area (Å²) in [6.07, 6.45) is 0. The lowest BCUT2D eigenvalue weighted by atomic mass is 10.1. The highest BCUT2D eigenvalue weighted by Gasteiger charge is 2.29. The van der Waals surface area contributed by atoms with Crippen molar-refractivity contribution in [3.05, 3.63) is 83.9 Å². The summed E-state index contributed by atoms with van der Waals surface area (Å²) in [6.45, 7) is 0.236. The Balaban J connectivity index is 1.59. The van der Waals surface area contributed by atoms with Crippen molar-refractivity contribution in [1.82, 2.24) is 18.8 Å². The van der Waals surface area contributed by atoms with Crippen LogP contribution in [0.3, 0.4) is 0 Å². The van der Waals surface area contributed by atoms with Gasteiger partial charge in [0.05, 0.1) is 18.8 Å². The predicted molar refractivity (Wildman–Crippen MR) is 122 cm³/mol. The summed E-state index contributed by atoms with van der Waals surface area (Å²) in [5, 5.41) is 2.81. The van der Waals surface area contributed by atoms with E-state index in [1.807, 2.05) is 12.1 Å². The van der Waals surface area contributed by atoms with Gasteiger partial charge in [-0.1, -0.05) is 48.5 Å². The lowest BCUT2D eigenvalue weighted by Gasteiger charge is -2.19. The van der Waals surface area contributed by atoms with E-state index in [9.17, 15) is 13.2 Å². The zero-order chi connectivity index (χ0) is 22.6. The fourth-order valence-corrected chi connectivity index (χ4v) is 5.12. The molecule has 1 atom stereocenters. The molecule has 2 N–H and O–H groups in total. The summed E-state index contributed by atoms with van der Waals surface area (Å²) in [7, 11) is -2.49. The third-order valence-electron chi connectivity index (χ3n) is 4.83. The van der Waals surface area contributed by atoms with Gasteiger partial charge in [-0.3, -0.25) is 4.79 Å². The van der Waals surface area contributed by atoms with E-state index in [0.717, 1.165) is 17.3 Å². The van der Waals surface area contributed by atoms with Crippen LogP contribution in [0.25, 0.3) is 11.0 Å². The molecule has 8 nitrogen and oxygen atoms in total. The van der Waals surface area contributed by atoms with Gasteiger partial charge in [0.25, 0.3) is 0 Å². The Hall–Kier alpha value is -3.34. The second-order valence-corrected chi connectivity index (χ2v) is 9.13. The highest BCUT2D eigenvalue weighted by atomic mass is 32.2. The van der Waals surface area contributed by atoms with Gasteiger partial charge in [0.2, 0.25) is 15.9 Å². The van der Waals surface area contributed by atoms with Crippen molar-refractivity contribution in [2.24, 2.45) is 0 Å². The molecule has 0 fully saturated rings. The number of nitrogens with one attached hydrogen (secondary N) is 2. The third-order valence-corrected chi connectivity index (χ3v) is 6.83. The van der Waals surface area contributed by atoms with Crippen LogP contribution in [0.5, 0.6) is 5.75 Å². The maximum atomic E-state index is 13.2. The molecule has 0 bridgehead atoms. The first-order chi connectivity index (χ1) is 15.5. The van der Waals surface area contributed by atoms with Gasteiger partial charge in [-0.15, -0.1) is 0 Å². The number of hydrogen-bond donors (Lipinski definition) is 2. The van der Waals surface area contributed by atoms with Gasteiger partial charge in [-0.25, -0.2) is 8.42 Å². The standard InChI is InChI=1S/C22H20N4O4S2/c1-30-17-12-10-15(11-13-17)14-23-22(27)20(16-6-3-2-4-7-16)26-32(28,29)19-9-5-8-18-21(19)25-31-24-18/h2-13,20,26H,14H2,1H3,(H,23,27)/t20-/m1/s1. The molecule has 0 aliphatic carbocycles. The predicted octanol–water partition coefficient (Wildman–Crippen LogP) is 3.04. The molecule has 0 aliphatic heterocycles. The number of methoxy groups -OCH3 is 1. The second-order valence-electron chi connectivity index (χ2n) is 6.92. The average molecular weight is 469 g/mol. The first kappa shape index (κ1) is 21.9. The van der Waals surface area contributed by atoms with Gasteiger partial charge in [0, 0.05) is 6.54 Å². The Labute approximate surface area is 189 Å². The number of fused-ring (bicyclic) bond motifs is 1. The van der Waals surface area contributed by atoms with Crippen LogP contribution in [0.1, 0.15) is 17.2 Å². The van der Waals surface area contributed by atoms with Gasteiger partial charge in [0.1, 0.15) is 27.7 Å². The Morgan fingerprint density at radius 2 is 1.75 bits per heavy atom. The highest BCUT2D eigenvalue weighted by Crippen LogP contribution is 2.24. The van der Waals surface area contributed by atoms with Gasteiger partial charge in [-0.2, -0.15) is 13.5 Å². The summed E-state index contributed by atoms with van der Waals surface area (Å²) in [5.74, 6) is 0.236. The number of carbonyl (C=O) groups is 1. The Morgan fingerprint density at radius 1 is 1.00 bits per heavy atom. The maximum absolute atomic E-state index is 13.2. The number of benzene rings is 3. The highest BCUT2D eigenvalue weighted by molar-refractivity contribution is 7.89. The first-order valence-corrected chi connectivity index (χ1v) is 11.9. The minimum Gasteiger partial charge on any atom is -0.497 e.